The Morgan fingerprint density at radius 1 is 0.917 bits per heavy atom. The number of rotatable bonds is 5. The second-order valence-electron chi connectivity index (χ2n) is 5.46. The van der Waals surface area contributed by atoms with Crippen molar-refractivity contribution in [2.45, 2.75) is 5.54 Å². The summed E-state index contributed by atoms with van der Waals surface area (Å²) in [7, 11) is 0. The summed E-state index contributed by atoms with van der Waals surface area (Å²) in [5, 5.41) is 18.9. The van der Waals surface area contributed by atoms with Gasteiger partial charge in [-0.15, -0.1) is 22.7 Å². The normalized spacial score (nSPS) is 11.9. The minimum atomic E-state index is -0.898. The van der Waals surface area contributed by atoms with Crippen molar-refractivity contribution in [1.82, 2.24) is 20.4 Å². The molecule has 0 aliphatic rings. The Labute approximate surface area is 146 Å². The molecule has 4 aromatic heterocycles. The van der Waals surface area contributed by atoms with Crippen molar-refractivity contribution in [3.8, 4) is 21.1 Å². The van der Waals surface area contributed by atoms with Gasteiger partial charge in [0.05, 0.1) is 21.1 Å². The monoisotopic (exact) mass is 356 g/mol. The van der Waals surface area contributed by atoms with E-state index in [1.54, 1.807) is 22.7 Å². The van der Waals surface area contributed by atoms with Crippen LogP contribution in [0.5, 0.6) is 0 Å². The van der Waals surface area contributed by atoms with Gasteiger partial charge in [-0.3, -0.25) is 10.2 Å². The highest BCUT2D eigenvalue weighted by molar-refractivity contribution is 7.13. The van der Waals surface area contributed by atoms with E-state index in [0.29, 0.717) is 0 Å². The van der Waals surface area contributed by atoms with Crippen LogP contribution in [0.2, 0.25) is 0 Å². The molecule has 0 atom stereocenters. The molecule has 4 rings (SSSR count). The first kappa shape index (κ1) is 15.3. The summed E-state index contributed by atoms with van der Waals surface area (Å²) < 4.78 is 0. The lowest BCUT2D eigenvalue weighted by Gasteiger charge is -2.24. The van der Waals surface area contributed by atoms with Crippen LogP contribution in [0, 0.1) is 0 Å². The van der Waals surface area contributed by atoms with Crippen LogP contribution in [0.1, 0.15) is 11.4 Å². The first-order valence-electron chi connectivity index (χ1n) is 7.39. The predicted molar refractivity (Wildman–Crippen MR) is 97.8 cm³/mol. The van der Waals surface area contributed by atoms with Gasteiger partial charge in [0.25, 0.3) is 0 Å². The Morgan fingerprint density at radius 3 is 1.79 bits per heavy atom. The topological polar surface area (TPSA) is 109 Å². The molecule has 4 aromatic rings. The highest BCUT2D eigenvalue weighted by Crippen LogP contribution is 2.31. The third-order valence-electron chi connectivity index (χ3n) is 3.99. The van der Waals surface area contributed by atoms with Gasteiger partial charge < -0.3 is 11.5 Å². The molecule has 6 nitrogen and oxygen atoms in total. The summed E-state index contributed by atoms with van der Waals surface area (Å²) in [6.07, 6.45) is 0. The van der Waals surface area contributed by atoms with E-state index in [4.69, 9.17) is 11.5 Å². The van der Waals surface area contributed by atoms with Crippen molar-refractivity contribution in [3.63, 3.8) is 0 Å². The summed E-state index contributed by atoms with van der Waals surface area (Å²) >= 11 is 3.26. The van der Waals surface area contributed by atoms with Gasteiger partial charge in [-0.05, 0) is 35.0 Å². The van der Waals surface area contributed by atoms with Crippen LogP contribution < -0.4 is 11.5 Å². The Hall–Kier alpha value is -2.26. The number of nitrogens with one attached hydrogen (secondary N) is 2. The summed E-state index contributed by atoms with van der Waals surface area (Å²) in [5.41, 5.74) is 15.0. The molecule has 0 aromatic carbocycles. The highest BCUT2D eigenvalue weighted by Gasteiger charge is 2.33. The van der Waals surface area contributed by atoms with Crippen LogP contribution in [0.3, 0.4) is 0 Å². The van der Waals surface area contributed by atoms with E-state index in [1.807, 2.05) is 47.2 Å². The maximum absolute atomic E-state index is 6.61. The van der Waals surface area contributed by atoms with E-state index in [-0.39, 0.29) is 6.54 Å². The number of nitrogens with two attached hydrogens (primary N) is 2. The number of hydrogen-bond donors (Lipinski definition) is 4. The average molecular weight is 356 g/mol. The second kappa shape index (κ2) is 5.99. The number of hydrogen-bond acceptors (Lipinski definition) is 6. The Kier molecular flexibility index (Phi) is 3.81. The smallest absolute Gasteiger partial charge is 0.112 e. The Balaban J connectivity index is 1.71. The van der Waals surface area contributed by atoms with Crippen molar-refractivity contribution in [1.29, 1.82) is 0 Å². The molecule has 122 valence electrons. The van der Waals surface area contributed by atoms with Gasteiger partial charge in [0.2, 0.25) is 0 Å². The molecule has 0 amide bonds. The molecule has 0 saturated heterocycles. The predicted octanol–water partition coefficient (Wildman–Crippen LogP) is 2.75. The highest BCUT2D eigenvalue weighted by atomic mass is 32.1. The largest absolute Gasteiger partial charge is 0.328 e. The first-order chi connectivity index (χ1) is 11.7. The molecule has 0 spiro atoms. The van der Waals surface area contributed by atoms with E-state index in [9.17, 15) is 0 Å². The van der Waals surface area contributed by atoms with E-state index < -0.39 is 5.54 Å². The minimum Gasteiger partial charge on any atom is -0.328 e. The minimum absolute atomic E-state index is 0.227. The zero-order chi connectivity index (χ0) is 16.6. The van der Waals surface area contributed by atoms with E-state index in [1.165, 1.54) is 0 Å². The molecule has 24 heavy (non-hydrogen) atoms. The van der Waals surface area contributed by atoms with Crippen molar-refractivity contribution in [3.05, 3.63) is 58.5 Å². The number of H-pyrrole nitrogens is 2. The summed E-state index contributed by atoms with van der Waals surface area (Å²) in [6, 6.07) is 11.9. The third-order valence-corrected chi connectivity index (χ3v) is 5.77. The zero-order valence-electron chi connectivity index (χ0n) is 12.7. The second-order valence-corrected chi connectivity index (χ2v) is 7.36. The molecule has 0 aliphatic heterocycles. The number of nitrogens with zero attached hydrogens (tertiary/aromatic N) is 2. The third kappa shape index (κ3) is 2.49. The summed E-state index contributed by atoms with van der Waals surface area (Å²) in [5.74, 6) is 0. The fourth-order valence-corrected chi connectivity index (χ4v) is 3.94. The quantitative estimate of drug-likeness (QED) is 0.441. The SMILES string of the molecule is NCC(N)(c1cc(-c2cccs2)n[nH]1)c1cc(-c2cccs2)n[nH]1. The van der Waals surface area contributed by atoms with Gasteiger partial charge in [-0.2, -0.15) is 10.2 Å². The zero-order valence-corrected chi connectivity index (χ0v) is 14.3. The van der Waals surface area contributed by atoms with Gasteiger partial charge >= 0.3 is 0 Å². The fraction of sp³-hybridized carbons (Fsp3) is 0.125. The van der Waals surface area contributed by atoms with Crippen LogP contribution in [0.15, 0.2) is 47.2 Å². The first-order valence-corrected chi connectivity index (χ1v) is 9.15. The van der Waals surface area contributed by atoms with Crippen molar-refractivity contribution >= 4 is 22.7 Å². The maximum atomic E-state index is 6.61. The standard InChI is InChI=1S/C16H16N6S2/c17-9-16(18,14-7-10(19-21-14)12-3-1-5-23-12)15-8-11(20-22-15)13-4-2-6-24-13/h1-8H,9,17-18H2,(H,19,21)(H,20,22). The number of aromatic nitrogens is 4. The summed E-state index contributed by atoms with van der Waals surface area (Å²) in [6.45, 7) is 0.227. The molecule has 0 bridgehead atoms. The number of aromatic amines is 2. The van der Waals surface area contributed by atoms with Gasteiger partial charge in [-0.25, -0.2) is 0 Å². The van der Waals surface area contributed by atoms with E-state index >= 15 is 0 Å². The van der Waals surface area contributed by atoms with Gasteiger partial charge in [0.15, 0.2) is 0 Å². The van der Waals surface area contributed by atoms with E-state index in [2.05, 4.69) is 20.4 Å². The Morgan fingerprint density at radius 2 is 1.42 bits per heavy atom. The van der Waals surface area contributed by atoms with E-state index in [0.717, 1.165) is 32.5 Å². The maximum Gasteiger partial charge on any atom is 0.112 e. The van der Waals surface area contributed by atoms with Crippen LogP contribution in [-0.4, -0.2) is 26.9 Å². The molecule has 4 heterocycles. The average Bonchev–Trinajstić information content (AvgIpc) is 3.41. The van der Waals surface area contributed by atoms with Crippen LogP contribution in [0.25, 0.3) is 21.1 Å². The van der Waals surface area contributed by atoms with Crippen molar-refractivity contribution in [2.24, 2.45) is 11.5 Å². The molecule has 6 N–H and O–H groups in total. The van der Waals surface area contributed by atoms with Crippen LogP contribution in [0.4, 0.5) is 0 Å². The molecule has 0 aliphatic carbocycles. The lowest BCUT2D eigenvalue weighted by Crippen LogP contribution is -2.45. The summed E-state index contributed by atoms with van der Waals surface area (Å²) in [4.78, 5) is 2.17. The molecule has 0 fully saturated rings. The van der Waals surface area contributed by atoms with Crippen molar-refractivity contribution in [2.75, 3.05) is 6.54 Å². The lowest BCUT2D eigenvalue weighted by atomic mass is 9.92. The number of thiophene rings is 2. The molecule has 0 saturated carbocycles. The van der Waals surface area contributed by atoms with Crippen LogP contribution in [-0.2, 0) is 5.54 Å². The van der Waals surface area contributed by atoms with Gasteiger partial charge in [0.1, 0.15) is 16.9 Å². The van der Waals surface area contributed by atoms with Crippen molar-refractivity contribution < 1.29 is 0 Å². The van der Waals surface area contributed by atoms with Crippen LogP contribution >= 0.6 is 22.7 Å². The molecular formula is C16H16N6S2. The molecule has 0 radical (unpaired) electrons. The van der Waals surface area contributed by atoms with Gasteiger partial charge in [-0.1, -0.05) is 12.1 Å². The molecule has 0 unspecified atom stereocenters. The molecule has 8 heteroatoms. The lowest BCUT2D eigenvalue weighted by molar-refractivity contribution is 0.515. The van der Waals surface area contributed by atoms with Gasteiger partial charge in [0, 0.05) is 6.54 Å². The fourth-order valence-electron chi connectivity index (χ4n) is 2.57. The molecular weight excluding hydrogens is 340 g/mol. The Bertz CT molecular complexity index is 847.